The van der Waals surface area contributed by atoms with Crippen LogP contribution in [-0.4, -0.2) is 17.3 Å². The van der Waals surface area contributed by atoms with E-state index in [-0.39, 0.29) is 12.2 Å². The highest BCUT2D eigenvalue weighted by atomic mass is 79.9. The summed E-state index contributed by atoms with van der Waals surface area (Å²) in [6, 6.07) is 5.52. The maximum absolute atomic E-state index is 9.99. The number of hydrogen-bond donors (Lipinski definition) is 1. The molecule has 0 aliphatic heterocycles. The number of ether oxygens (including phenoxy) is 1. The molecule has 0 amide bonds. The minimum Gasteiger partial charge on any atom is -0.486 e. The Morgan fingerprint density at radius 2 is 2.00 bits per heavy atom. The van der Waals surface area contributed by atoms with Crippen molar-refractivity contribution in [2.45, 2.75) is 44.3 Å². The van der Waals surface area contributed by atoms with Crippen LogP contribution in [0.15, 0.2) is 22.7 Å². The van der Waals surface area contributed by atoms with Gasteiger partial charge in [-0.1, -0.05) is 40.4 Å². The van der Waals surface area contributed by atoms with Crippen molar-refractivity contribution in [1.82, 2.24) is 0 Å². The molecule has 2 nitrogen and oxygen atoms in total. The number of rotatable bonds is 2. The second-order valence-electron chi connectivity index (χ2n) is 4.44. The lowest BCUT2D eigenvalue weighted by Gasteiger charge is -2.22. The Morgan fingerprint density at radius 1 is 1.24 bits per heavy atom. The molecule has 17 heavy (non-hydrogen) atoms. The van der Waals surface area contributed by atoms with E-state index in [0.29, 0.717) is 10.8 Å². The van der Waals surface area contributed by atoms with Crippen molar-refractivity contribution in [3.63, 3.8) is 0 Å². The Balaban J connectivity index is 2.10. The molecule has 1 aromatic rings. The maximum atomic E-state index is 9.99. The monoisotopic (exact) mass is 318 g/mol. The van der Waals surface area contributed by atoms with Gasteiger partial charge in [0.25, 0.3) is 0 Å². The van der Waals surface area contributed by atoms with Crippen LogP contribution in [0.4, 0.5) is 0 Å². The van der Waals surface area contributed by atoms with Gasteiger partial charge < -0.3 is 9.84 Å². The van der Waals surface area contributed by atoms with E-state index >= 15 is 0 Å². The lowest BCUT2D eigenvalue weighted by atomic mass is 10.1. The molecule has 0 bridgehead atoms. The predicted octanol–water partition coefficient (Wildman–Crippen LogP) is 4.17. The van der Waals surface area contributed by atoms with Crippen molar-refractivity contribution < 1.29 is 9.84 Å². The largest absolute Gasteiger partial charge is 0.486 e. The zero-order valence-corrected chi connectivity index (χ0v) is 11.9. The van der Waals surface area contributed by atoms with Gasteiger partial charge in [-0.3, -0.25) is 0 Å². The van der Waals surface area contributed by atoms with E-state index < -0.39 is 0 Å². The van der Waals surface area contributed by atoms with Gasteiger partial charge in [-0.05, 0) is 37.5 Å². The van der Waals surface area contributed by atoms with Gasteiger partial charge in [0, 0.05) is 4.47 Å². The third-order valence-corrected chi connectivity index (χ3v) is 3.89. The molecule has 1 aliphatic carbocycles. The highest BCUT2D eigenvalue weighted by Gasteiger charge is 2.23. The fourth-order valence-electron chi connectivity index (χ4n) is 2.12. The summed E-state index contributed by atoms with van der Waals surface area (Å²) in [5.41, 5.74) is 0. The van der Waals surface area contributed by atoms with Crippen molar-refractivity contribution in [3.05, 3.63) is 27.7 Å². The fourth-order valence-corrected chi connectivity index (χ4v) is 2.62. The van der Waals surface area contributed by atoms with Crippen LogP contribution in [0, 0.1) is 0 Å². The number of aliphatic hydroxyl groups excluding tert-OH is 1. The lowest BCUT2D eigenvalue weighted by molar-refractivity contribution is 0.0320. The average molecular weight is 320 g/mol. The van der Waals surface area contributed by atoms with Crippen LogP contribution in [-0.2, 0) is 0 Å². The fraction of sp³-hybridized carbons (Fsp3) is 0.538. The van der Waals surface area contributed by atoms with Gasteiger partial charge in [0.05, 0.1) is 11.1 Å². The van der Waals surface area contributed by atoms with Gasteiger partial charge >= 0.3 is 0 Å². The van der Waals surface area contributed by atoms with E-state index in [1.165, 1.54) is 6.42 Å². The van der Waals surface area contributed by atoms with E-state index in [1.807, 2.05) is 12.1 Å². The first-order chi connectivity index (χ1) is 8.16. The first kappa shape index (κ1) is 13.2. The van der Waals surface area contributed by atoms with Crippen LogP contribution in [0.3, 0.4) is 0 Å². The molecule has 1 aliphatic rings. The minimum absolute atomic E-state index is 0.135. The molecule has 2 unspecified atom stereocenters. The summed E-state index contributed by atoms with van der Waals surface area (Å²) in [5, 5.41) is 10.6. The third kappa shape index (κ3) is 3.60. The molecule has 0 radical (unpaired) electrons. The van der Waals surface area contributed by atoms with E-state index in [4.69, 9.17) is 16.3 Å². The molecule has 1 N–H and O–H groups in total. The zero-order chi connectivity index (χ0) is 12.3. The zero-order valence-electron chi connectivity index (χ0n) is 9.53. The van der Waals surface area contributed by atoms with Crippen molar-refractivity contribution in [1.29, 1.82) is 0 Å². The Morgan fingerprint density at radius 3 is 2.82 bits per heavy atom. The summed E-state index contributed by atoms with van der Waals surface area (Å²) < 4.78 is 6.78. The number of benzene rings is 1. The van der Waals surface area contributed by atoms with E-state index in [2.05, 4.69) is 15.9 Å². The Labute approximate surface area is 115 Å². The van der Waals surface area contributed by atoms with Gasteiger partial charge in [-0.25, -0.2) is 0 Å². The van der Waals surface area contributed by atoms with Crippen LogP contribution in [0.25, 0.3) is 0 Å². The minimum atomic E-state index is -0.382. The van der Waals surface area contributed by atoms with Gasteiger partial charge in [0.15, 0.2) is 0 Å². The van der Waals surface area contributed by atoms with E-state index in [9.17, 15) is 5.11 Å². The molecule has 1 fully saturated rings. The van der Waals surface area contributed by atoms with Crippen LogP contribution in [0.2, 0.25) is 5.02 Å². The third-order valence-electron chi connectivity index (χ3n) is 3.09. The molecule has 94 valence electrons. The SMILES string of the molecule is OC1CCCCCC1Oc1cc(Br)ccc1Cl. The van der Waals surface area contributed by atoms with E-state index in [1.54, 1.807) is 6.07 Å². The quantitative estimate of drug-likeness (QED) is 0.829. The maximum Gasteiger partial charge on any atom is 0.139 e. The molecule has 0 heterocycles. The summed E-state index contributed by atoms with van der Waals surface area (Å²) in [7, 11) is 0. The lowest BCUT2D eigenvalue weighted by Crippen LogP contribution is -2.30. The first-order valence-electron chi connectivity index (χ1n) is 5.96. The molecular weight excluding hydrogens is 303 g/mol. The molecular formula is C13H16BrClO2. The molecule has 0 spiro atoms. The Hall–Kier alpha value is -0.250. The average Bonchev–Trinajstić information content (AvgIpc) is 2.50. The van der Waals surface area contributed by atoms with Gasteiger partial charge in [-0.15, -0.1) is 0 Å². The van der Waals surface area contributed by atoms with Crippen LogP contribution < -0.4 is 4.74 Å². The van der Waals surface area contributed by atoms with Crippen molar-refractivity contribution in [2.75, 3.05) is 0 Å². The van der Waals surface area contributed by atoms with Crippen LogP contribution >= 0.6 is 27.5 Å². The van der Waals surface area contributed by atoms with E-state index in [0.717, 1.165) is 30.2 Å². The molecule has 1 aromatic carbocycles. The van der Waals surface area contributed by atoms with Crippen molar-refractivity contribution in [2.24, 2.45) is 0 Å². The highest BCUT2D eigenvalue weighted by Crippen LogP contribution is 2.31. The predicted molar refractivity (Wildman–Crippen MR) is 72.7 cm³/mol. The Kier molecular flexibility index (Phi) is 4.71. The summed E-state index contributed by atoms with van der Waals surface area (Å²) in [4.78, 5) is 0. The highest BCUT2D eigenvalue weighted by molar-refractivity contribution is 9.10. The Bertz CT molecular complexity index is 384. The molecule has 2 atom stereocenters. The molecule has 2 rings (SSSR count). The molecule has 1 saturated carbocycles. The standard InChI is InChI=1S/C13H16BrClO2/c14-9-6-7-10(15)13(8-9)17-12-5-3-1-2-4-11(12)16/h6-8,11-12,16H,1-5H2. The van der Waals surface area contributed by atoms with Crippen LogP contribution in [0.1, 0.15) is 32.1 Å². The second kappa shape index (κ2) is 6.07. The normalized spacial score (nSPS) is 25.4. The summed E-state index contributed by atoms with van der Waals surface area (Å²) in [6.45, 7) is 0. The molecule has 0 aromatic heterocycles. The molecule has 4 heteroatoms. The number of halogens is 2. The summed E-state index contributed by atoms with van der Waals surface area (Å²) in [5.74, 6) is 0.645. The number of aliphatic hydroxyl groups is 1. The van der Waals surface area contributed by atoms with Gasteiger partial charge in [0.1, 0.15) is 11.9 Å². The van der Waals surface area contributed by atoms with Gasteiger partial charge in [-0.2, -0.15) is 0 Å². The second-order valence-corrected chi connectivity index (χ2v) is 5.76. The summed E-state index contributed by atoms with van der Waals surface area (Å²) in [6.07, 6.45) is 4.54. The topological polar surface area (TPSA) is 29.5 Å². The first-order valence-corrected chi connectivity index (χ1v) is 7.13. The smallest absolute Gasteiger partial charge is 0.139 e. The van der Waals surface area contributed by atoms with Gasteiger partial charge in [0.2, 0.25) is 0 Å². The number of hydrogen-bond acceptors (Lipinski definition) is 2. The van der Waals surface area contributed by atoms with Crippen molar-refractivity contribution in [3.8, 4) is 5.75 Å². The van der Waals surface area contributed by atoms with Crippen molar-refractivity contribution >= 4 is 27.5 Å². The summed E-state index contributed by atoms with van der Waals surface area (Å²) >= 11 is 9.47. The molecule has 0 saturated heterocycles. The van der Waals surface area contributed by atoms with Crippen LogP contribution in [0.5, 0.6) is 5.75 Å².